The number of likely N-dealkylation sites (tertiary alicyclic amines) is 1. The fourth-order valence-corrected chi connectivity index (χ4v) is 4.03. The van der Waals surface area contributed by atoms with Gasteiger partial charge in [0.25, 0.3) is 0 Å². The number of hydrogen-bond donors (Lipinski definition) is 1. The molecular formula is C19H28N2O. The monoisotopic (exact) mass is 300 g/mol. The Morgan fingerprint density at radius 1 is 1.14 bits per heavy atom. The summed E-state index contributed by atoms with van der Waals surface area (Å²) in [6.45, 7) is 4.51. The number of amides is 1. The summed E-state index contributed by atoms with van der Waals surface area (Å²) in [6.07, 6.45) is 8.09. The van der Waals surface area contributed by atoms with Crippen LogP contribution in [0.1, 0.15) is 49.7 Å². The summed E-state index contributed by atoms with van der Waals surface area (Å²) in [5.74, 6) is 0.186. The Hall–Kier alpha value is -1.35. The molecule has 1 amide bonds. The Morgan fingerprint density at radius 2 is 1.86 bits per heavy atom. The average Bonchev–Trinajstić information content (AvgIpc) is 3.04. The quantitative estimate of drug-likeness (QED) is 0.927. The van der Waals surface area contributed by atoms with Crippen LogP contribution in [0.4, 0.5) is 0 Å². The molecule has 120 valence electrons. The second-order valence-corrected chi connectivity index (χ2v) is 6.87. The molecule has 0 aromatic heterocycles. The number of benzene rings is 1. The van der Waals surface area contributed by atoms with Gasteiger partial charge in [-0.2, -0.15) is 0 Å². The number of nitrogens with zero attached hydrogens (tertiary/aromatic N) is 1. The SMILES string of the molecule is Cc1ccccc1CC(=O)N[C@@H]1CCCCC1N1CCCC1. The van der Waals surface area contributed by atoms with Crippen LogP contribution < -0.4 is 5.32 Å². The number of carbonyl (C=O) groups is 1. The molecule has 3 rings (SSSR count). The Labute approximate surface area is 134 Å². The molecule has 0 radical (unpaired) electrons. The Kier molecular flexibility index (Phi) is 5.14. The standard InChI is InChI=1S/C19H28N2O/c1-15-8-2-3-9-16(15)14-19(22)20-17-10-4-5-11-18(17)21-12-6-7-13-21/h2-3,8-9,17-18H,4-7,10-14H2,1H3,(H,20,22)/t17-,18?/m1/s1. The van der Waals surface area contributed by atoms with E-state index in [9.17, 15) is 4.79 Å². The number of rotatable bonds is 4. The number of hydrogen-bond acceptors (Lipinski definition) is 2. The number of nitrogens with one attached hydrogen (secondary N) is 1. The largest absolute Gasteiger partial charge is 0.352 e. The first-order valence-electron chi connectivity index (χ1n) is 8.82. The minimum Gasteiger partial charge on any atom is -0.352 e. The van der Waals surface area contributed by atoms with Gasteiger partial charge in [-0.3, -0.25) is 9.69 Å². The van der Waals surface area contributed by atoms with Gasteiger partial charge in [0.2, 0.25) is 5.91 Å². The first-order valence-corrected chi connectivity index (χ1v) is 8.82. The van der Waals surface area contributed by atoms with Crippen molar-refractivity contribution in [2.75, 3.05) is 13.1 Å². The molecule has 2 atom stereocenters. The van der Waals surface area contributed by atoms with Crippen LogP contribution in [0.15, 0.2) is 24.3 Å². The zero-order valence-corrected chi connectivity index (χ0v) is 13.7. The molecule has 1 N–H and O–H groups in total. The predicted octanol–water partition coefficient (Wildman–Crippen LogP) is 3.06. The summed E-state index contributed by atoms with van der Waals surface area (Å²) in [5.41, 5.74) is 2.35. The molecule has 1 aliphatic carbocycles. The number of aryl methyl sites for hydroxylation is 1. The van der Waals surface area contributed by atoms with Crippen molar-refractivity contribution >= 4 is 5.91 Å². The Bertz CT molecular complexity index is 508. The van der Waals surface area contributed by atoms with Gasteiger partial charge in [-0.1, -0.05) is 37.1 Å². The highest BCUT2D eigenvalue weighted by Crippen LogP contribution is 2.26. The van der Waals surface area contributed by atoms with Crippen LogP contribution >= 0.6 is 0 Å². The van der Waals surface area contributed by atoms with Gasteiger partial charge in [0.15, 0.2) is 0 Å². The van der Waals surface area contributed by atoms with Crippen molar-refractivity contribution in [3.05, 3.63) is 35.4 Å². The van der Waals surface area contributed by atoms with E-state index in [1.807, 2.05) is 12.1 Å². The lowest BCUT2D eigenvalue weighted by molar-refractivity contribution is -0.121. The highest BCUT2D eigenvalue weighted by atomic mass is 16.1. The Morgan fingerprint density at radius 3 is 2.64 bits per heavy atom. The highest BCUT2D eigenvalue weighted by Gasteiger charge is 2.32. The third-order valence-corrected chi connectivity index (χ3v) is 5.30. The van der Waals surface area contributed by atoms with Crippen molar-refractivity contribution in [2.45, 2.75) is 64.0 Å². The van der Waals surface area contributed by atoms with Gasteiger partial charge in [-0.05, 0) is 56.8 Å². The van der Waals surface area contributed by atoms with Crippen molar-refractivity contribution in [2.24, 2.45) is 0 Å². The molecule has 1 unspecified atom stereocenters. The van der Waals surface area contributed by atoms with E-state index in [2.05, 4.69) is 29.3 Å². The summed E-state index contributed by atoms with van der Waals surface area (Å²) in [6, 6.07) is 9.11. The van der Waals surface area contributed by atoms with Crippen LogP contribution in [0, 0.1) is 6.92 Å². The summed E-state index contributed by atoms with van der Waals surface area (Å²) in [4.78, 5) is 15.1. The molecule has 2 fully saturated rings. The van der Waals surface area contributed by atoms with E-state index in [1.54, 1.807) is 0 Å². The molecule has 1 aromatic carbocycles. The fourth-order valence-electron chi connectivity index (χ4n) is 4.03. The lowest BCUT2D eigenvalue weighted by Gasteiger charge is -2.38. The molecule has 3 nitrogen and oxygen atoms in total. The second kappa shape index (κ2) is 7.28. The van der Waals surface area contributed by atoms with Gasteiger partial charge in [-0.15, -0.1) is 0 Å². The van der Waals surface area contributed by atoms with Crippen molar-refractivity contribution in [3.63, 3.8) is 0 Å². The molecular weight excluding hydrogens is 272 g/mol. The summed E-state index contributed by atoms with van der Waals surface area (Å²) in [7, 11) is 0. The maximum Gasteiger partial charge on any atom is 0.224 e. The van der Waals surface area contributed by atoms with E-state index in [1.165, 1.54) is 50.8 Å². The summed E-state index contributed by atoms with van der Waals surface area (Å²) >= 11 is 0. The maximum atomic E-state index is 12.5. The lowest BCUT2D eigenvalue weighted by Crippen LogP contribution is -2.52. The van der Waals surface area contributed by atoms with Crippen molar-refractivity contribution < 1.29 is 4.79 Å². The van der Waals surface area contributed by atoms with Crippen molar-refractivity contribution in [1.29, 1.82) is 0 Å². The van der Waals surface area contributed by atoms with Gasteiger partial charge in [0.1, 0.15) is 0 Å². The molecule has 22 heavy (non-hydrogen) atoms. The van der Waals surface area contributed by atoms with Crippen molar-refractivity contribution in [3.8, 4) is 0 Å². The molecule has 1 saturated carbocycles. The molecule has 1 aliphatic heterocycles. The van der Waals surface area contributed by atoms with E-state index in [-0.39, 0.29) is 5.91 Å². The minimum absolute atomic E-state index is 0.186. The molecule has 1 saturated heterocycles. The summed E-state index contributed by atoms with van der Waals surface area (Å²) in [5, 5.41) is 3.34. The molecule has 1 heterocycles. The third kappa shape index (κ3) is 3.70. The smallest absolute Gasteiger partial charge is 0.224 e. The molecule has 1 aromatic rings. The van der Waals surface area contributed by atoms with Crippen LogP contribution in [0.2, 0.25) is 0 Å². The second-order valence-electron chi connectivity index (χ2n) is 6.87. The van der Waals surface area contributed by atoms with Crippen LogP contribution in [0.5, 0.6) is 0 Å². The lowest BCUT2D eigenvalue weighted by atomic mass is 9.89. The van der Waals surface area contributed by atoms with E-state index in [0.29, 0.717) is 18.5 Å². The first kappa shape index (κ1) is 15.5. The third-order valence-electron chi connectivity index (χ3n) is 5.30. The minimum atomic E-state index is 0.186. The van der Waals surface area contributed by atoms with Crippen molar-refractivity contribution in [1.82, 2.24) is 10.2 Å². The maximum absolute atomic E-state index is 12.5. The van der Waals surface area contributed by atoms with E-state index >= 15 is 0 Å². The van der Waals surface area contributed by atoms with Gasteiger partial charge in [0, 0.05) is 12.1 Å². The molecule has 2 aliphatic rings. The van der Waals surface area contributed by atoms with E-state index in [4.69, 9.17) is 0 Å². The molecule has 0 bridgehead atoms. The van der Waals surface area contributed by atoms with E-state index < -0.39 is 0 Å². The molecule has 3 heteroatoms. The molecule has 0 spiro atoms. The predicted molar refractivity (Wildman–Crippen MR) is 89.9 cm³/mol. The van der Waals surface area contributed by atoms with Crippen LogP contribution in [0.3, 0.4) is 0 Å². The van der Waals surface area contributed by atoms with Gasteiger partial charge >= 0.3 is 0 Å². The van der Waals surface area contributed by atoms with Crippen LogP contribution in [0.25, 0.3) is 0 Å². The van der Waals surface area contributed by atoms with Crippen LogP contribution in [-0.2, 0) is 11.2 Å². The normalized spacial score (nSPS) is 26.0. The highest BCUT2D eigenvalue weighted by molar-refractivity contribution is 5.79. The van der Waals surface area contributed by atoms with Gasteiger partial charge < -0.3 is 5.32 Å². The topological polar surface area (TPSA) is 32.3 Å². The fraction of sp³-hybridized carbons (Fsp3) is 0.632. The zero-order valence-electron chi connectivity index (χ0n) is 13.7. The van der Waals surface area contributed by atoms with Crippen LogP contribution in [-0.4, -0.2) is 36.0 Å². The summed E-state index contributed by atoms with van der Waals surface area (Å²) < 4.78 is 0. The zero-order chi connectivity index (χ0) is 15.4. The average molecular weight is 300 g/mol. The van der Waals surface area contributed by atoms with Gasteiger partial charge in [-0.25, -0.2) is 0 Å². The van der Waals surface area contributed by atoms with E-state index in [0.717, 1.165) is 12.0 Å². The number of carbonyl (C=O) groups excluding carboxylic acids is 1. The van der Waals surface area contributed by atoms with Gasteiger partial charge in [0.05, 0.1) is 6.42 Å². The Balaban J connectivity index is 1.60. The first-order chi connectivity index (χ1) is 10.7.